The van der Waals surface area contributed by atoms with Crippen LogP contribution in [0.2, 0.25) is 0 Å². The number of azo groups is 1. The summed E-state index contributed by atoms with van der Waals surface area (Å²) in [7, 11) is -9.98. The van der Waals surface area contributed by atoms with Crippen LogP contribution in [0.25, 0.3) is 10.8 Å². The Kier molecular flexibility index (Phi) is 8.99. The number of nitrogens with zero attached hydrogens (tertiary/aromatic N) is 2. The maximum Gasteiger partial charge on any atom is 1.00 e. The van der Waals surface area contributed by atoms with Crippen LogP contribution < -0.4 is 64.8 Å². The summed E-state index contributed by atoms with van der Waals surface area (Å²) in [6.45, 7) is 0. The fourth-order valence-corrected chi connectivity index (χ4v) is 3.68. The van der Waals surface area contributed by atoms with Crippen molar-refractivity contribution < 1.29 is 85.1 Å². The van der Waals surface area contributed by atoms with Gasteiger partial charge in [-0.25, -0.2) is 16.8 Å². The predicted molar refractivity (Wildman–Crippen MR) is 94.9 cm³/mol. The summed E-state index contributed by atoms with van der Waals surface area (Å²) in [5.74, 6) is 0. The van der Waals surface area contributed by atoms with E-state index in [0.29, 0.717) is 17.4 Å². The molecule has 140 valence electrons. The molecule has 0 aliphatic rings. The fraction of sp³-hybridized carbons (Fsp3) is 0. The van der Waals surface area contributed by atoms with Gasteiger partial charge >= 0.3 is 59.1 Å². The number of benzene rings is 3. The minimum atomic E-state index is -5.04. The third-order valence-corrected chi connectivity index (χ3v) is 5.29. The largest absolute Gasteiger partial charge is 1.00 e. The van der Waals surface area contributed by atoms with Crippen LogP contribution in [0.4, 0.5) is 17.1 Å². The van der Waals surface area contributed by atoms with E-state index in [4.69, 9.17) is 5.73 Å². The molecule has 29 heavy (non-hydrogen) atoms. The summed E-state index contributed by atoms with van der Waals surface area (Å²) in [6, 6.07) is 12.1. The maximum absolute atomic E-state index is 11.5. The second-order valence-corrected chi connectivity index (χ2v) is 8.25. The van der Waals surface area contributed by atoms with Crippen LogP contribution in [0.1, 0.15) is 0 Å². The topological polar surface area (TPSA) is 165 Å². The van der Waals surface area contributed by atoms with Crippen molar-refractivity contribution in [3.63, 3.8) is 0 Å². The zero-order chi connectivity index (χ0) is 19.8. The summed E-state index contributed by atoms with van der Waals surface area (Å²) < 4.78 is 68.2. The van der Waals surface area contributed by atoms with E-state index >= 15 is 0 Å². The maximum atomic E-state index is 11.5. The number of nitrogens with two attached hydrogens (primary N) is 1. The molecule has 0 aliphatic carbocycles. The normalized spacial score (nSPS) is 11.8. The minimum Gasteiger partial charge on any atom is -0.744 e. The molecule has 0 amide bonds. The first-order valence-electron chi connectivity index (χ1n) is 7.31. The van der Waals surface area contributed by atoms with Gasteiger partial charge in [-0.05, 0) is 53.9 Å². The van der Waals surface area contributed by atoms with Crippen LogP contribution in [0.15, 0.2) is 74.6 Å². The van der Waals surface area contributed by atoms with Crippen molar-refractivity contribution in [2.45, 2.75) is 9.79 Å². The summed E-state index contributed by atoms with van der Waals surface area (Å²) in [5.41, 5.74) is 6.84. The van der Waals surface area contributed by atoms with E-state index in [2.05, 4.69) is 10.2 Å². The average Bonchev–Trinajstić information content (AvgIpc) is 2.58. The molecule has 0 heterocycles. The molecule has 0 spiro atoms. The number of rotatable bonds is 4. The Bertz CT molecular complexity index is 1280. The SMILES string of the molecule is Nc1ccc(N=Nc2ccc3cc(S(=O)(=O)[O-])cc(S(=O)(=O)[O-])c3c2)cc1.[Na+].[Na+]. The van der Waals surface area contributed by atoms with Gasteiger partial charge in [-0.2, -0.15) is 10.2 Å². The Labute approximate surface area is 211 Å². The van der Waals surface area contributed by atoms with Gasteiger partial charge in [0.05, 0.1) is 21.2 Å². The van der Waals surface area contributed by atoms with Crippen molar-refractivity contribution in [2.24, 2.45) is 10.2 Å². The zero-order valence-electron chi connectivity index (χ0n) is 15.4. The first kappa shape index (κ1) is 26.2. The molecule has 0 unspecified atom stereocenters. The van der Waals surface area contributed by atoms with Gasteiger partial charge < -0.3 is 14.8 Å². The Balaban J connectivity index is 0.00000210. The van der Waals surface area contributed by atoms with E-state index in [-0.39, 0.29) is 75.6 Å². The molecule has 9 nitrogen and oxygen atoms in total. The molecule has 0 aromatic heterocycles. The fourth-order valence-electron chi connectivity index (χ4n) is 2.36. The van der Waals surface area contributed by atoms with Crippen molar-refractivity contribution in [1.29, 1.82) is 0 Å². The number of nitrogen functional groups attached to an aromatic ring is 1. The van der Waals surface area contributed by atoms with E-state index in [1.165, 1.54) is 18.2 Å². The van der Waals surface area contributed by atoms with Crippen molar-refractivity contribution in [1.82, 2.24) is 0 Å². The smallest absolute Gasteiger partial charge is 0.744 e. The number of anilines is 1. The molecule has 3 aromatic carbocycles. The van der Waals surface area contributed by atoms with Gasteiger partial charge in [0.1, 0.15) is 20.2 Å². The number of fused-ring (bicyclic) bond motifs is 1. The summed E-state index contributed by atoms with van der Waals surface area (Å²) in [4.78, 5) is -1.63. The zero-order valence-corrected chi connectivity index (χ0v) is 21.1. The molecule has 0 atom stereocenters. The standard InChI is InChI=1S/C16H13N3O6S2.2Na/c17-11-2-5-12(6-3-11)18-19-13-4-1-10-7-14(26(20,21)22)9-16(15(10)8-13)27(23,24)25;;/h1-9H,17H2,(H,20,21,22)(H,23,24,25);;/q;2*+1/p-2. The Morgan fingerprint density at radius 1 is 0.724 bits per heavy atom. The Morgan fingerprint density at radius 3 is 1.83 bits per heavy atom. The van der Waals surface area contributed by atoms with Crippen LogP contribution in [0.5, 0.6) is 0 Å². The van der Waals surface area contributed by atoms with Crippen LogP contribution >= 0.6 is 0 Å². The van der Waals surface area contributed by atoms with Crippen molar-refractivity contribution in [3.8, 4) is 0 Å². The van der Waals surface area contributed by atoms with Crippen molar-refractivity contribution in [2.75, 3.05) is 5.73 Å². The average molecular weight is 451 g/mol. The molecule has 3 rings (SSSR count). The molecule has 0 saturated carbocycles. The molecular formula is C16H11N3Na2O6S2. The predicted octanol–water partition coefficient (Wildman–Crippen LogP) is -3.35. The molecular weight excluding hydrogens is 440 g/mol. The van der Waals surface area contributed by atoms with Gasteiger partial charge in [0.15, 0.2) is 0 Å². The van der Waals surface area contributed by atoms with Gasteiger partial charge in [-0.1, -0.05) is 6.07 Å². The van der Waals surface area contributed by atoms with Crippen LogP contribution in [-0.2, 0) is 20.2 Å². The van der Waals surface area contributed by atoms with E-state index in [0.717, 1.165) is 6.07 Å². The molecule has 2 N–H and O–H groups in total. The molecule has 0 fully saturated rings. The van der Waals surface area contributed by atoms with E-state index in [9.17, 15) is 25.9 Å². The van der Waals surface area contributed by atoms with Gasteiger partial charge in [0.25, 0.3) is 0 Å². The summed E-state index contributed by atoms with van der Waals surface area (Å²) >= 11 is 0. The Hall–Kier alpha value is -0.860. The second-order valence-electron chi connectivity index (χ2n) is 5.53. The van der Waals surface area contributed by atoms with Crippen LogP contribution in [0, 0.1) is 0 Å². The monoisotopic (exact) mass is 451 g/mol. The van der Waals surface area contributed by atoms with Gasteiger partial charge in [0.2, 0.25) is 0 Å². The Morgan fingerprint density at radius 2 is 1.28 bits per heavy atom. The molecule has 0 bridgehead atoms. The van der Waals surface area contributed by atoms with Gasteiger partial charge in [-0.3, -0.25) is 0 Å². The number of hydrogen-bond acceptors (Lipinski definition) is 9. The first-order chi connectivity index (χ1) is 12.5. The third kappa shape index (κ3) is 6.56. The molecule has 3 aromatic rings. The van der Waals surface area contributed by atoms with Gasteiger partial charge in [0, 0.05) is 11.1 Å². The summed E-state index contributed by atoms with van der Waals surface area (Å²) in [5, 5.41) is 7.95. The minimum absolute atomic E-state index is 0. The third-order valence-electron chi connectivity index (χ3n) is 3.61. The summed E-state index contributed by atoms with van der Waals surface area (Å²) in [6.07, 6.45) is 0. The number of hydrogen-bond donors (Lipinski definition) is 1. The van der Waals surface area contributed by atoms with Gasteiger partial charge in [-0.15, -0.1) is 0 Å². The molecule has 0 radical (unpaired) electrons. The molecule has 0 saturated heterocycles. The van der Waals surface area contributed by atoms with Crippen molar-refractivity contribution in [3.05, 3.63) is 54.6 Å². The quantitative estimate of drug-likeness (QED) is 0.187. The first-order valence-corrected chi connectivity index (χ1v) is 10.1. The van der Waals surface area contributed by atoms with E-state index in [1.54, 1.807) is 24.3 Å². The van der Waals surface area contributed by atoms with Crippen LogP contribution in [0.3, 0.4) is 0 Å². The van der Waals surface area contributed by atoms with Crippen LogP contribution in [-0.4, -0.2) is 25.9 Å². The second kappa shape index (κ2) is 9.96. The molecule has 0 aliphatic heterocycles. The van der Waals surface area contributed by atoms with Crippen molar-refractivity contribution >= 4 is 48.1 Å². The van der Waals surface area contributed by atoms with E-state index in [1.807, 2.05) is 0 Å². The van der Waals surface area contributed by atoms with E-state index < -0.39 is 30.0 Å². The molecule has 13 heteroatoms.